The molecule has 4 aliphatic rings. The molecule has 2 aromatic rings. The van der Waals surface area contributed by atoms with Crippen molar-refractivity contribution in [1.82, 2.24) is 25.8 Å². The number of aliphatic carboxylic acids is 1. The first-order valence-corrected chi connectivity index (χ1v) is 16.9. The Balaban J connectivity index is 1.17. The highest BCUT2D eigenvalue weighted by Gasteiger charge is 2.55. The summed E-state index contributed by atoms with van der Waals surface area (Å²) in [5, 5.41) is 16.7. The van der Waals surface area contributed by atoms with Gasteiger partial charge in [0.1, 0.15) is 46.3 Å². The highest BCUT2D eigenvalue weighted by atomic mass is 32.2. The topological polar surface area (TPSA) is 191 Å². The molecule has 0 aromatic heterocycles. The van der Waals surface area contributed by atoms with Gasteiger partial charge in [0.15, 0.2) is 0 Å². The van der Waals surface area contributed by atoms with Crippen LogP contribution in [0.2, 0.25) is 0 Å². The molecule has 6 N–H and O–H groups in total. The van der Waals surface area contributed by atoms with Gasteiger partial charge in [-0.2, -0.15) is 0 Å². The normalized spacial score (nSPS) is 24.7. The molecule has 15 heteroatoms. The molecule has 13 nitrogen and oxygen atoms in total. The van der Waals surface area contributed by atoms with Crippen LogP contribution in [-0.2, 0) is 28.8 Å². The van der Waals surface area contributed by atoms with Gasteiger partial charge < -0.3 is 26.8 Å². The second-order valence-electron chi connectivity index (χ2n) is 11.6. The number of thioether (sulfide) groups is 2. The number of nitrogens with zero attached hydrogens (tertiary/aromatic N) is 2. The molecule has 6 atom stereocenters. The van der Waals surface area contributed by atoms with E-state index in [0.717, 1.165) is 0 Å². The Kier molecular flexibility index (Phi) is 8.87. The molecule has 4 aliphatic heterocycles. The molecule has 4 heterocycles. The number of β-lactam (4-membered cyclic amide) rings is 2. The fourth-order valence-electron chi connectivity index (χ4n) is 6.00. The quantitative estimate of drug-likeness (QED) is 0.239. The minimum absolute atomic E-state index is 0.0833. The number of rotatable bonds is 9. The highest BCUT2D eigenvalue weighted by molar-refractivity contribution is 8.00. The Hall–Kier alpha value is -4.60. The summed E-state index contributed by atoms with van der Waals surface area (Å²) in [5.74, 6) is -3.31. The van der Waals surface area contributed by atoms with Crippen LogP contribution < -0.4 is 21.7 Å². The summed E-state index contributed by atoms with van der Waals surface area (Å²) < 4.78 is 0. The number of benzene rings is 2. The minimum Gasteiger partial charge on any atom is -0.477 e. The summed E-state index contributed by atoms with van der Waals surface area (Å²) in [4.78, 5) is 81.2. The smallest absolute Gasteiger partial charge is 0.352 e. The minimum atomic E-state index is -1.24. The molecule has 47 heavy (non-hydrogen) atoms. The zero-order valence-electron chi connectivity index (χ0n) is 25.3. The van der Waals surface area contributed by atoms with Crippen molar-refractivity contribution in [3.05, 3.63) is 94.3 Å². The number of carboxylic acid groups (broad SMARTS) is 1. The van der Waals surface area contributed by atoms with Crippen LogP contribution in [0.25, 0.3) is 0 Å². The van der Waals surface area contributed by atoms with Gasteiger partial charge in [-0.25, -0.2) is 4.79 Å². The first-order valence-electron chi connectivity index (χ1n) is 14.8. The molecule has 0 bridgehead atoms. The number of hydrogen-bond donors (Lipinski definition) is 5. The van der Waals surface area contributed by atoms with Crippen molar-refractivity contribution in [3.63, 3.8) is 0 Å². The van der Waals surface area contributed by atoms with Crippen LogP contribution in [0.4, 0.5) is 0 Å². The maximum absolute atomic E-state index is 13.9. The van der Waals surface area contributed by atoms with Crippen LogP contribution in [-0.4, -0.2) is 84.7 Å². The van der Waals surface area contributed by atoms with E-state index in [1.165, 1.54) is 33.3 Å². The third kappa shape index (κ3) is 5.79. The summed E-state index contributed by atoms with van der Waals surface area (Å²) >= 11 is 2.74. The van der Waals surface area contributed by atoms with Crippen LogP contribution in [0.15, 0.2) is 83.2 Å². The molecule has 0 spiro atoms. The SMILES string of the molecule is CC1=C(C(=O)O)N2C(=O)[C@@H](NC(=O)[C@H](NC(=O)C3=C(C)CS[C@@H]4[C@H](NC(=O)[C@H](N)c5ccccc5)C(=O)N34)c3ccccc3)[C@H]2SC1. The summed E-state index contributed by atoms with van der Waals surface area (Å²) in [6.07, 6.45) is 0. The zero-order chi connectivity index (χ0) is 33.6. The molecule has 2 aromatic carbocycles. The summed E-state index contributed by atoms with van der Waals surface area (Å²) in [6, 6.07) is 13.1. The van der Waals surface area contributed by atoms with Crippen LogP contribution in [0, 0.1) is 0 Å². The fourth-order valence-corrected chi connectivity index (χ4v) is 8.59. The number of hydrogen-bond acceptors (Lipinski definition) is 9. The second-order valence-corrected chi connectivity index (χ2v) is 13.8. The zero-order valence-corrected chi connectivity index (χ0v) is 27.0. The largest absolute Gasteiger partial charge is 0.477 e. The number of fused-ring (bicyclic) bond motifs is 2. The first kappa shape index (κ1) is 32.3. The van der Waals surface area contributed by atoms with Gasteiger partial charge in [0.05, 0.1) is 0 Å². The van der Waals surface area contributed by atoms with Crippen molar-refractivity contribution in [2.24, 2.45) is 5.73 Å². The Morgan fingerprint density at radius 2 is 1.23 bits per heavy atom. The number of carbonyl (C=O) groups excluding carboxylic acids is 5. The third-order valence-corrected chi connectivity index (χ3v) is 11.3. The Morgan fingerprint density at radius 1 is 0.766 bits per heavy atom. The molecule has 0 unspecified atom stereocenters. The molecular formula is C32H32N6O7S2. The molecular weight excluding hydrogens is 645 g/mol. The maximum Gasteiger partial charge on any atom is 0.352 e. The first-order chi connectivity index (χ1) is 22.5. The van der Waals surface area contributed by atoms with E-state index in [-0.39, 0.29) is 11.4 Å². The van der Waals surface area contributed by atoms with Gasteiger partial charge in [0, 0.05) is 11.5 Å². The van der Waals surface area contributed by atoms with E-state index in [1.807, 2.05) is 0 Å². The third-order valence-electron chi connectivity index (χ3n) is 8.44. The predicted octanol–water partition coefficient (Wildman–Crippen LogP) is 0.976. The van der Waals surface area contributed by atoms with Gasteiger partial charge in [-0.05, 0) is 36.1 Å². The van der Waals surface area contributed by atoms with Crippen molar-refractivity contribution in [2.75, 3.05) is 11.5 Å². The fraction of sp³-hybridized carbons (Fsp3) is 0.312. The average Bonchev–Trinajstić information content (AvgIpc) is 3.08. The summed E-state index contributed by atoms with van der Waals surface area (Å²) in [7, 11) is 0. The molecule has 2 fully saturated rings. The van der Waals surface area contributed by atoms with Crippen LogP contribution >= 0.6 is 23.5 Å². The van der Waals surface area contributed by atoms with Crippen molar-refractivity contribution < 1.29 is 33.9 Å². The van der Waals surface area contributed by atoms with E-state index >= 15 is 0 Å². The van der Waals surface area contributed by atoms with Crippen molar-refractivity contribution in [2.45, 2.75) is 48.8 Å². The number of nitrogens with two attached hydrogens (primary N) is 1. The summed E-state index contributed by atoms with van der Waals surface area (Å²) in [5.41, 5.74) is 8.34. The van der Waals surface area contributed by atoms with Gasteiger partial charge in [-0.15, -0.1) is 23.5 Å². The standard InChI is InChI=1S/C32H32N6O7S2/c1-15-13-46-30-21(35-25(39)19(33)17-9-5-3-6-10-17)28(42)37(30)23(15)27(41)34-20(18-11-7-4-8-12-18)26(40)36-22-29(43)38-24(32(44)45)16(2)14-47-31(22)38/h3-12,19-22,30-31H,13-14,33H2,1-2H3,(H,34,41)(H,35,39)(H,36,40)(H,44,45)/t19-,20-,21-,22-,30-,31-/m1/s1. The molecule has 0 aliphatic carbocycles. The molecule has 244 valence electrons. The number of carboxylic acids is 1. The van der Waals surface area contributed by atoms with Gasteiger partial charge in [-0.3, -0.25) is 33.8 Å². The van der Waals surface area contributed by atoms with E-state index in [1.54, 1.807) is 74.5 Å². The average molecular weight is 677 g/mol. The van der Waals surface area contributed by atoms with Crippen molar-refractivity contribution >= 4 is 59.0 Å². The predicted molar refractivity (Wildman–Crippen MR) is 174 cm³/mol. The van der Waals surface area contributed by atoms with E-state index < -0.39 is 70.4 Å². The lowest BCUT2D eigenvalue weighted by Crippen LogP contribution is -2.72. The van der Waals surface area contributed by atoms with Crippen LogP contribution in [0.1, 0.15) is 37.1 Å². The van der Waals surface area contributed by atoms with Crippen LogP contribution in [0.3, 0.4) is 0 Å². The number of carbonyl (C=O) groups is 6. The molecule has 5 amide bonds. The van der Waals surface area contributed by atoms with E-state index in [0.29, 0.717) is 33.8 Å². The Morgan fingerprint density at radius 3 is 1.77 bits per heavy atom. The van der Waals surface area contributed by atoms with Gasteiger partial charge in [0.2, 0.25) is 11.8 Å². The second kappa shape index (κ2) is 12.9. The Bertz CT molecular complexity index is 1730. The maximum atomic E-state index is 13.9. The molecule has 6 rings (SSSR count). The summed E-state index contributed by atoms with van der Waals surface area (Å²) in [6.45, 7) is 3.37. The van der Waals surface area contributed by atoms with E-state index in [4.69, 9.17) is 5.73 Å². The van der Waals surface area contributed by atoms with Gasteiger partial charge in [-0.1, -0.05) is 60.7 Å². The van der Waals surface area contributed by atoms with E-state index in [9.17, 15) is 33.9 Å². The van der Waals surface area contributed by atoms with E-state index in [2.05, 4.69) is 16.0 Å². The van der Waals surface area contributed by atoms with Gasteiger partial charge >= 0.3 is 5.97 Å². The number of amides is 5. The molecule has 0 radical (unpaired) electrons. The van der Waals surface area contributed by atoms with Gasteiger partial charge in [0.25, 0.3) is 17.7 Å². The molecule has 2 saturated heterocycles. The Labute approximate surface area is 278 Å². The lowest BCUT2D eigenvalue weighted by Gasteiger charge is -2.50. The lowest BCUT2D eigenvalue weighted by atomic mass is 9.99. The van der Waals surface area contributed by atoms with Crippen molar-refractivity contribution in [1.29, 1.82) is 0 Å². The lowest BCUT2D eigenvalue weighted by molar-refractivity contribution is -0.151. The molecule has 0 saturated carbocycles. The monoisotopic (exact) mass is 676 g/mol. The van der Waals surface area contributed by atoms with Crippen LogP contribution in [0.5, 0.6) is 0 Å². The van der Waals surface area contributed by atoms with Crippen molar-refractivity contribution in [3.8, 4) is 0 Å². The highest BCUT2D eigenvalue weighted by Crippen LogP contribution is 2.42. The number of nitrogens with one attached hydrogen (secondary N) is 3.